The lowest BCUT2D eigenvalue weighted by atomic mass is 10.0. The van der Waals surface area contributed by atoms with E-state index in [9.17, 15) is 0 Å². The highest BCUT2D eigenvalue weighted by Gasteiger charge is 2.17. The van der Waals surface area contributed by atoms with Crippen molar-refractivity contribution in [2.75, 3.05) is 5.12 Å². The van der Waals surface area contributed by atoms with Crippen LogP contribution >= 0.6 is 0 Å². The van der Waals surface area contributed by atoms with Gasteiger partial charge in [-0.3, -0.25) is 5.43 Å². The second kappa shape index (κ2) is 9.16. The van der Waals surface area contributed by atoms with Gasteiger partial charge in [0.1, 0.15) is 0 Å². The SMILES string of the molecule is N#Cc1ccc(C2=CC(c3ccc(-c4ccccc4)cc3)=NN(c3ccc(C#N)cc3)N2)cc1. The number of allylic oxidation sites excluding steroid dienone is 1. The highest BCUT2D eigenvalue weighted by molar-refractivity contribution is 6.13. The van der Waals surface area contributed by atoms with E-state index < -0.39 is 0 Å². The minimum Gasteiger partial charge on any atom is -0.277 e. The molecule has 0 radical (unpaired) electrons. The van der Waals surface area contributed by atoms with Crippen molar-refractivity contribution in [3.63, 3.8) is 0 Å². The lowest BCUT2D eigenvalue weighted by Crippen LogP contribution is -2.36. The fourth-order valence-corrected chi connectivity index (χ4v) is 3.72. The Bertz CT molecular complexity index is 1450. The molecule has 160 valence electrons. The molecule has 5 rings (SSSR count). The van der Waals surface area contributed by atoms with E-state index in [1.54, 1.807) is 29.4 Å². The Labute approximate surface area is 198 Å². The molecule has 0 amide bonds. The quantitative estimate of drug-likeness (QED) is 0.433. The molecule has 0 atom stereocenters. The molecule has 4 aromatic carbocycles. The number of hydrogen-bond donors (Lipinski definition) is 1. The van der Waals surface area contributed by atoms with Gasteiger partial charge in [-0.25, -0.2) is 0 Å². The van der Waals surface area contributed by atoms with Crippen molar-refractivity contribution in [2.24, 2.45) is 5.10 Å². The van der Waals surface area contributed by atoms with Crippen molar-refractivity contribution in [2.45, 2.75) is 0 Å². The van der Waals surface area contributed by atoms with Gasteiger partial charge in [0.25, 0.3) is 0 Å². The van der Waals surface area contributed by atoms with Crippen molar-refractivity contribution in [3.05, 3.63) is 131 Å². The number of hydrazone groups is 1. The highest BCUT2D eigenvalue weighted by atomic mass is 15.7. The maximum Gasteiger partial charge on any atom is 0.0991 e. The zero-order valence-corrected chi connectivity index (χ0v) is 18.2. The molecular formula is C29H19N5. The van der Waals surface area contributed by atoms with Crippen LogP contribution in [0, 0.1) is 22.7 Å². The van der Waals surface area contributed by atoms with Crippen LogP contribution in [0.4, 0.5) is 5.69 Å². The van der Waals surface area contributed by atoms with E-state index in [0.717, 1.165) is 39.3 Å². The van der Waals surface area contributed by atoms with Crippen LogP contribution in [0.25, 0.3) is 16.8 Å². The summed E-state index contributed by atoms with van der Waals surface area (Å²) in [4.78, 5) is 0. The summed E-state index contributed by atoms with van der Waals surface area (Å²) in [6.45, 7) is 0. The molecule has 0 saturated carbocycles. The Morgan fingerprint density at radius 1 is 0.588 bits per heavy atom. The van der Waals surface area contributed by atoms with Crippen LogP contribution < -0.4 is 10.5 Å². The summed E-state index contributed by atoms with van der Waals surface area (Å²) in [6.07, 6.45) is 2.00. The van der Waals surface area contributed by atoms with Gasteiger partial charge in [-0.2, -0.15) is 20.7 Å². The molecule has 0 spiro atoms. The molecule has 5 nitrogen and oxygen atoms in total. The lowest BCUT2D eigenvalue weighted by Gasteiger charge is -2.28. The third-order valence-electron chi connectivity index (χ3n) is 5.57. The molecule has 5 heteroatoms. The summed E-state index contributed by atoms with van der Waals surface area (Å²) in [5.74, 6) is 0. The van der Waals surface area contributed by atoms with Crippen LogP contribution in [0.3, 0.4) is 0 Å². The lowest BCUT2D eigenvalue weighted by molar-refractivity contribution is 0.787. The standard InChI is InChI=1S/C29H19N5/c30-19-21-6-10-25(11-7-21)28-18-29(33-34(32-28)27-16-8-22(20-31)9-17-27)26-14-12-24(13-15-26)23-4-2-1-3-5-23/h1-18,32H. The van der Waals surface area contributed by atoms with Gasteiger partial charge in [0.05, 0.1) is 40.4 Å². The van der Waals surface area contributed by atoms with E-state index in [2.05, 4.69) is 54.0 Å². The van der Waals surface area contributed by atoms with Gasteiger partial charge in [0.15, 0.2) is 0 Å². The Hall–Kier alpha value is -5.13. The van der Waals surface area contributed by atoms with Crippen LogP contribution in [0.2, 0.25) is 0 Å². The normalized spacial score (nSPS) is 12.6. The molecule has 4 aromatic rings. The Kier molecular flexibility index (Phi) is 5.59. The van der Waals surface area contributed by atoms with Gasteiger partial charge >= 0.3 is 0 Å². The Balaban J connectivity index is 1.53. The number of nitrogens with zero attached hydrogens (tertiary/aromatic N) is 4. The number of nitrogens with one attached hydrogen (secondary N) is 1. The molecule has 1 aliphatic heterocycles. The second-order valence-electron chi connectivity index (χ2n) is 7.76. The summed E-state index contributed by atoms with van der Waals surface area (Å²) in [7, 11) is 0. The van der Waals surface area contributed by atoms with E-state index in [0.29, 0.717) is 11.1 Å². The van der Waals surface area contributed by atoms with Crippen molar-refractivity contribution in [1.82, 2.24) is 5.43 Å². The maximum atomic E-state index is 9.14. The number of hydrogen-bond acceptors (Lipinski definition) is 5. The third-order valence-corrected chi connectivity index (χ3v) is 5.57. The van der Waals surface area contributed by atoms with E-state index in [1.165, 1.54) is 0 Å². The molecule has 1 heterocycles. The number of hydrazine groups is 1. The second-order valence-corrected chi connectivity index (χ2v) is 7.76. The predicted molar refractivity (Wildman–Crippen MR) is 134 cm³/mol. The van der Waals surface area contributed by atoms with Gasteiger partial charge in [-0.15, -0.1) is 0 Å². The molecule has 34 heavy (non-hydrogen) atoms. The molecule has 0 unspecified atom stereocenters. The number of benzene rings is 4. The first kappa shape index (κ1) is 20.8. The molecule has 1 N–H and O–H groups in total. The first-order chi connectivity index (χ1) is 16.7. The largest absolute Gasteiger partial charge is 0.277 e. The summed E-state index contributed by atoms with van der Waals surface area (Å²) in [5, 5.41) is 24.8. The number of nitriles is 2. The molecule has 0 bridgehead atoms. The monoisotopic (exact) mass is 437 g/mol. The van der Waals surface area contributed by atoms with Crippen molar-refractivity contribution in [3.8, 4) is 23.3 Å². The zero-order chi connectivity index (χ0) is 23.3. The van der Waals surface area contributed by atoms with Crippen LogP contribution in [-0.4, -0.2) is 5.71 Å². The predicted octanol–water partition coefficient (Wildman–Crippen LogP) is 5.87. The van der Waals surface area contributed by atoms with E-state index in [-0.39, 0.29) is 0 Å². The van der Waals surface area contributed by atoms with E-state index in [4.69, 9.17) is 15.6 Å². The van der Waals surface area contributed by atoms with Crippen molar-refractivity contribution >= 4 is 17.1 Å². The molecule has 0 saturated heterocycles. The first-order valence-electron chi connectivity index (χ1n) is 10.8. The third kappa shape index (κ3) is 4.27. The van der Waals surface area contributed by atoms with Gasteiger partial charge in [-0.05, 0) is 59.2 Å². The maximum absolute atomic E-state index is 9.14. The fraction of sp³-hybridized carbons (Fsp3) is 0. The minimum atomic E-state index is 0.587. The average Bonchev–Trinajstić information content (AvgIpc) is 2.93. The topological polar surface area (TPSA) is 75.2 Å². The van der Waals surface area contributed by atoms with Crippen LogP contribution in [-0.2, 0) is 0 Å². The first-order valence-corrected chi connectivity index (χ1v) is 10.8. The van der Waals surface area contributed by atoms with Gasteiger partial charge in [0, 0.05) is 5.56 Å². The highest BCUT2D eigenvalue weighted by Crippen LogP contribution is 2.25. The number of rotatable bonds is 4. The molecule has 0 aromatic heterocycles. The zero-order valence-electron chi connectivity index (χ0n) is 18.2. The summed E-state index contributed by atoms with van der Waals surface area (Å²) < 4.78 is 0. The summed E-state index contributed by atoms with van der Waals surface area (Å²) in [6, 6.07) is 37.5. The molecular weight excluding hydrogens is 418 g/mol. The fourth-order valence-electron chi connectivity index (χ4n) is 3.72. The molecule has 0 fully saturated rings. The smallest absolute Gasteiger partial charge is 0.0991 e. The number of anilines is 1. The molecule has 0 aliphatic carbocycles. The van der Waals surface area contributed by atoms with Crippen LogP contribution in [0.5, 0.6) is 0 Å². The van der Waals surface area contributed by atoms with Gasteiger partial charge < -0.3 is 0 Å². The summed E-state index contributed by atoms with van der Waals surface area (Å²) in [5.41, 5.74) is 11.2. The van der Waals surface area contributed by atoms with Crippen molar-refractivity contribution < 1.29 is 0 Å². The van der Waals surface area contributed by atoms with Gasteiger partial charge in [0.2, 0.25) is 0 Å². The van der Waals surface area contributed by atoms with E-state index in [1.807, 2.05) is 48.5 Å². The van der Waals surface area contributed by atoms with Gasteiger partial charge in [-0.1, -0.05) is 66.7 Å². The van der Waals surface area contributed by atoms with Crippen molar-refractivity contribution in [1.29, 1.82) is 10.5 Å². The average molecular weight is 438 g/mol. The molecule has 1 aliphatic rings. The minimum absolute atomic E-state index is 0.587. The van der Waals surface area contributed by atoms with Crippen LogP contribution in [0.1, 0.15) is 22.3 Å². The Morgan fingerprint density at radius 3 is 1.74 bits per heavy atom. The van der Waals surface area contributed by atoms with Crippen LogP contribution in [0.15, 0.2) is 114 Å². The Morgan fingerprint density at radius 2 is 1.12 bits per heavy atom. The van der Waals surface area contributed by atoms with E-state index >= 15 is 0 Å². The summed E-state index contributed by atoms with van der Waals surface area (Å²) >= 11 is 0.